The van der Waals surface area contributed by atoms with Crippen LogP contribution in [-0.2, 0) is 0 Å². The van der Waals surface area contributed by atoms with Gasteiger partial charge in [0, 0.05) is 39.4 Å². The van der Waals surface area contributed by atoms with Crippen molar-refractivity contribution >= 4 is 39.3 Å². The number of thioether (sulfide) groups is 1. The first-order valence-electron chi connectivity index (χ1n) is 6.47. The molecule has 1 amide bonds. The van der Waals surface area contributed by atoms with Crippen LogP contribution in [0.2, 0.25) is 0 Å². The van der Waals surface area contributed by atoms with E-state index >= 15 is 0 Å². The molecule has 0 aliphatic rings. The molecule has 2 aromatic carbocycles. The zero-order valence-corrected chi connectivity index (χ0v) is 13.9. The molecule has 2 rings (SSSR count). The molecule has 0 saturated heterocycles. The Kier molecular flexibility index (Phi) is 5.97. The maximum atomic E-state index is 11.9. The molecule has 7 heteroatoms. The lowest BCUT2D eigenvalue weighted by atomic mass is 10.2. The minimum absolute atomic E-state index is 0.0862. The molecule has 5 nitrogen and oxygen atoms in total. The summed E-state index contributed by atoms with van der Waals surface area (Å²) in [7, 11) is 0. The highest BCUT2D eigenvalue weighted by molar-refractivity contribution is 9.10. The summed E-state index contributed by atoms with van der Waals surface area (Å²) in [6.45, 7) is 0.488. The normalized spacial score (nSPS) is 10.2. The van der Waals surface area contributed by atoms with Crippen molar-refractivity contribution < 1.29 is 9.72 Å². The van der Waals surface area contributed by atoms with Gasteiger partial charge in [0.25, 0.3) is 11.6 Å². The van der Waals surface area contributed by atoms with Crippen LogP contribution in [0.3, 0.4) is 0 Å². The first-order chi connectivity index (χ1) is 10.6. The van der Waals surface area contributed by atoms with Gasteiger partial charge < -0.3 is 5.32 Å². The van der Waals surface area contributed by atoms with Crippen LogP contribution in [0.4, 0.5) is 5.69 Å². The number of nitro groups is 1. The van der Waals surface area contributed by atoms with Gasteiger partial charge in [-0.2, -0.15) is 0 Å². The van der Waals surface area contributed by atoms with Crippen molar-refractivity contribution in [3.05, 3.63) is 68.7 Å². The van der Waals surface area contributed by atoms with Crippen LogP contribution in [0.1, 0.15) is 10.4 Å². The maximum absolute atomic E-state index is 11.9. The van der Waals surface area contributed by atoms with Gasteiger partial charge in [0.15, 0.2) is 0 Å². The Labute approximate surface area is 140 Å². The molecule has 0 heterocycles. The van der Waals surface area contributed by atoms with Crippen molar-refractivity contribution in [2.24, 2.45) is 0 Å². The SMILES string of the molecule is O=C(NCCSc1ccc(Br)cc1)c1cccc([N+](=O)[O-])c1. The fraction of sp³-hybridized carbons (Fsp3) is 0.133. The number of nitrogens with one attached hydrogen (secondary N) is 1. The van der Waals surface area contributed by atoms with E-state index in [0.717, 1.165) is 15.1 Å². The monoisotopic (exact) mass is 380 g/mol. The molecule has 0 aliphatic heterocycles. The van der Waals surface area contributed by atoms with Crippen molar-refractivity contribution in [2.75, 3.05) is 12.3 Å². The summed E-state index contributed by atoms with van der Waals surface area (Å²) in [4.78, 5) is 23.2. The number of hydrogen-bond donors (Lipinski definition) is 1. The largest absolute Gasteiger partial charge is 0.351 e. The summed E-state index contributed by atoms with van der Waals surface area (Å²) in [5.41, 5.74) is 0.208. The summed E-state index contributed by atoms with van der Waals surface area (Å²) in [6.07, 6.45) is 0. The molecule has 0 radical (unpaired) electrons. The van der Waals surface area contributed by atoms with Gasteiger partial charge in [0.2, 0.25) is 0 Å². The molecule has 22 heavy (non-hydrogen) atoms. The summed E-state index contributed by atoms with van der Waals surface area (Å²) in [5, 5.41) is 13.4. The van der Waals surface area contributed by atoms with E-state index in [1.54, 1.807) is 17.8 Å². The van der Waals surface area contributed by atoms with Gasteiger partial charge in [-0.3, -0.25) is 14.9 Å². The minimum atomic E-state index is -0.514. The summed E-state index contributed by atoms with van der Waals surface area (Å²) >= 11 is 5.00. The summed E-state index contributed by atoms with van der Waals surface area (Å²) in [5.74, 6) is 0.419. The number of hydrogen-bond acceptors (Lipinski definition) is 4. The van der Waals surface area contributed by atoms with E-state index in [-0.39, 0.29) is 11.6 Å². The molecule has 0 fully saturated rings. The average Bonchev–Trinajstić information content (AvgIpc) is 2.53. The van der Waals surface area contributed by atoms with Gasteiger partial charge in [-0.25, -0.2) is 0 Å². The van der Waals surface area contributed by atoms with Crippen molar-refractivity contribution in [2.45, 2.75) is 4.90 Å². The van der Waals surface area contributed by atoms with E-state index in [1.807, 2.05) is 24.3 Å². The van der Waals surface area contributed by atoms with Crippen molar-refractivity contribution in [1.82, 2.24) is 5.32 Å². The average molecular weight is 381 g/mol. The van der Waals surface area contributed by atoms with Gasteiger partial charge in [-0.1, -0.05) is 22.0 Å². The zero-order chi connectivity index (χ0) is 15.9. The van der Waals surface area contributed by atoms with Crippen LogP contribution >= 0.6 is 27.7 Å². The maximum Gasteiger partial charge on any atom is 0.270 e. The highest BCUT2D eigenvalue weighted by Crippen LogP contribution is 2.20. The van der Waals surface area contributed by atoms with Crippen LogP contribution in [0, 0.1) is 10.1 Å². The standard InChI is InChI=1S/C15H13BrN2O3S/c16-12-4-6-14(7-5-12)22-9-8-17-15(19)11-2-1-3-13(10-11)18(20)21/h1-7,10H,8-9H2,(H,17,19). The van der Waals surface area contributed by atoms with E-state index < -0.39 is 4.92 Å². The first kappa shape index (κ1) is 16.5. The fourth-order valence-electron chi connectivity index (χ4n) is 1.73. The number of rotatable bonds is 6. The van der Waals surface area contributed by atoms with Crippen LogP contribution in [0.25, 0.3) is 0 Å². The molecule has 114 valence electrons. The second kappa shape index (κ2) is 7.95. The van der Waals surface area contributed by atoms with E-state index in [2.05, 4.69) is 21.2 Å². The van der Waals surface area contributed by atoms with Crippen LogP contribution in [-0.4, -0.2) is 23.1 Å². The predicted octanol–water partition coefficient (Wildman–Crippen LogP) is 3.88. The molecule has 2 aromatic rings. The molecule has 0 aliphatic carbocycles. The Bertz CT molecular complexity index is 677. The van der Waals surface area contributed by atoms with E-state index in [9.17, 15) is 14.9 Å². The topological polar surface area (TPSA) is 72.2 Å². The third kappa shape index (κ3) is 4.85. The molecule has 0 spiro atoms. The smallest absolute Gasteiger partial charge is 0.270 e. The molecular weight excluding hydrogens is 368 g/mol. The molecule has 0 bridgehead atoms. The van der Waals surface area contributed by atoms with Crippen molar-refractivity contribution in [3.8, 4) is 0 Å². The minimum Gasteiger partial charge on any atom is -0.351 e. The second-order valence-electron chi connectivity index (χ2n) is 4.37. The third-order valence-corrected chi connectivity index (χ3v) is 4.33. The van der Waals surface area contributed by atoms with Gasteiger partial charge in [0.05, 0.1) is 4.92 Å². The molecule has 0 aromatic heterocycles. The summed E-state index contributed by atoms with van der Waals surface area (Å²) in [6, 6.07) is 13.6. The number of halogens is 1. The number of carbonyl (C=O) groups is 1. The van der Waals surface area contributed by atoms with Gasteiger partial charge in [-0.15, -0.1) is 11.8 Å². The molecular formula is C15H13BrN2O3S. The van der Waals surface area contributed by atoms with Crippen LogP contribution < -0.4 is 5.32 Å². The fourth-order valence-corrected chi connectivity index (χ4v) is 2.76. The van der Waals surface area contributed by atoms with Crippen molar-refractivity contribution in [1.29, 1.82) is 0 Å². The van der Waals surface area contributed by atoms with E-state index in [0.29, 0.717) is 12.1 Å². The van der Waals surface area contributed by atoms with E-state index in [4.69, 9.17) is 0 Å². The highest BCUT2D eigenvalue weighted by atomic mass is 79.9. The number of benzene rings is 2. The Hall–Kier alpha value is -1.86. The van der Waals surface area contributed by atoms with Crippen LogP contribution in [0.5, 0.6) is 0 Å². The quantitative estimate of drug-likeness (QED) is 0.357. The van der Waals surface area contributed by atoms with Gasteiger partial charge in [-0.05, 0) is 30.3 Å². The predicted molar refractivity (Wildman–Crippen MR) is 90.3 cm³/mol. The Morgan fingerprint density at radius 3 is 2.64 bits per heavy atom. The lowest BCUT2D eigenvalue weighted by Crippen LogP contribution is -2.25. The number of nitrogens with zero attached hydrogens (tertiary/aromatic N) is 1. The molecule has 0 atom stereocenters. The number of nitro benzene ring substituents is 1. The Morgan fingerprint density at radius 1 is 1.23 bits per heavy atom. The molecule has 0 unspecified atom stereocenters. The third-order valence-electron chi connectivity index (χ3n) is 2.79. The van der Waals surface area contributed by atoms with E-state index in [1.165, 1.54) is 18.2 Å². The highest BCUT2D eigenvalue weighted by Gasteiger charge is 2.10. The lowest BCUT2D eigenvalue weighted by molar-refractivity contribution is -0.384. The van der Waals surface area contributed by atoms with Crippen LogP contribution in [0.15, 0.2) is 57.9 Å². The Balaban J connectivity index is 1.81. The van der Waals surface area contributed by atoms with Gasteiger partial charge >= 0.3 is 0 Å². The Morgan fingerprint density at radius 2 is 1.95 bits per heavy atom. The molecule has 1 N–H and O–H groups in total. The number of carbonyl (C=O) groups excluding carboxylic acids is 1. The first-order valence-corrected chi connectivity index (χ1v) is 8.25. The zero-order valence-electron chi connectivity index (χ0n) is 11.5. The van der Waals surface area contributed by atoms with Crippen molar-refractivity contribution in [3.63, 3.8) is 0 Å². The summed E-state index contributed by atoms with van der Waals surface area (Å²) < 4.78 is 1.02. The lowest BCUT2D eigenvalue weighted by Gasteiger charge is -2.05. The van der Waals surface area contributed by atoms with Gasteiger partial charge in [0.1, 0.15) is 0 Å². The molecule has 0 saturated carbocycles. The second-order valence-corrected chi connectivity index (χ2v) is 6.45. The number of non-ortho nitro benzene ring substituents is 1. The number of amides is 1.